The Labute approximate surface area is 316 Å². The summed E-state index contributed by atoms with van der Waals surface area (Å²) in [5, 5.41) is 0. The van der Waals surface area contributed by atoms with E-state index in [2.05, 4.69) is 133 Å². The molecule has 0 N–H and O–H groups in total. The van der Waals surface area contributed by atoms with Gasteiger partial charge in [-0.2, -0.15) is 0 Å². The average Bonchev–Trinajstić information content (AvgIpc) is 3.54. The van der Waals surface area contributed by atoms with Crippen molar-refractivity contribution in [3.8, 4) is 5.75 Å². The Morgan fingerprint density at radius 1 is 0.804 bits per heavy atom. The maximum absolute atomic E-state index is 13.4. The molecule has 6 nitrogen and oxygen atoms in total. The van der Waals surface area contributed by atoms with Crippen molar-refractivity contribution in [2.45, 2.75) is 117 Å². The number of fused-ring (bicyclic) bond motifs is 1. The summed E-state index contributed by atoms with van der Waals surface area (Å²) in [4.78, 5) is 20.5. The van der Waals surface area contributed by atoms with E-state index in [0.717, 1.165) is 36.5 Å². The van der Waals surface area contributed by atoms with Crippen LogP contribution in [0, 0.1) is 5.92 Å². The number of rotatable bonds is 11. The van der Waals surface area contributed by atoms with Crippen molar-refractivity contribution >= 4 is 37.5 Å². The second kappa shape index (κ2) is 16.8. The van der Waals surface area contributed by atoms with E-state index in [1.807, 2.05) is 12.1 Å². The molecule has 1 unspecified atom stereocenters. The number of anilines is 3. The molecule has 0 spiro atoms. The SMILES string of the molecule is CCC1CN(C(=O)OCC(C)C)c2cccc([CH]=[Ru]([Cl])[CH]3N(c4c(C(C)C)cccc4C(C)C)CCN3c3c(C(C)C)cccc3C(C)C)c2O1. The van der Waals surface area contributed by atoms with Gasteiger partial charge in [0.1, 0.15) is 0 Å². The first-order valence-electron chi connectivity index (χ1n) is 18.9. The van der Waals surface area contributed by atoms with Gasteiger partial charge in [0.2, 0.25) is 0 Å². The summed E-state index contributed by atoms with van der Waals surface area (Å²) < 4.78 is 14.7. The van der Waals surface area contributed by atoms with E-state index >= 15 is 0 Å². The summed E-state index contributed by atoms with van der Waals surface area (Å²) in [7, 11) is 7.98. The van der Waals surface area contributed by atoms with Gasteiger partial charge >= 0.3 is 318 Å². The van der Waals surface area contributed by atoms with Gasteiger partial charge in [-0.05, 0) is 0 Å². The van der Waals surface area contributed by atoms with Gasteiger partial charge in [-0.25, -0.2) is 0 Å². The van der Waals surface area contributed by atoms with Crippen molar-refractivity contribution in [1.29, 1.82) is 0 Å². The van der Waals surface area contributed by atoms with Gasteiger partial charge in [0.25, 0.3) is 0 Å². The van der Waals surface area contributed by atoms with Crippen LogP contribution in [-0.4, -0.2) is 47.8 Å². The summed E-state index contributed by atoms with van der Waals surface area (Å²) in [6.07, 6.45) is 0.323. The fourth-order valence-corrected chi connectivity index (χ4v) is 11.8. The van der Waals surface area contributed by atoms with E-state index in [-0.39, 0.29) is 22.9 Å². The van der Waals surface area contributed by atoms with E-state index in [9.17, 15) is 4.79 Å². The molecule has 1 fully saturated rings. The first kappa shape index (κ1) is 39.3. The molecular weight excluding hydrogens is 743 g/mol. The minimum absolute atomic E-state index is 0.0280. The Bertz CT molecular complexity index is 1590. The third-order valence-corrected chi connectivity index (χ3v) is 14.2. The number of para-hydroxylation sites is 3. The van der Waals surface area contributed by atoms with Crippen LogP contribution in [0.4, 0.5) is 21.9 Å². The van der Waals surface area contributed by atoms with Crippen molar-refractivity contribution in [2.24, 2.45) is 5.92 Å². The number of carbonyl (C=O) groups is 1. The van der Waals surface area contributed by atoms with E-state index in [1.54, 1.807) is 4.90 Å². The minimum atomic E-state index is -2.37. The van der Waals surface area contributed by atoms with Crippen molar-refractivity contribution < 1.29 is 28.8 Å². The molecule has 3 aromatic rings. The van der Waals surface area contributed by atoms with Crippen molar-refractivity contribution in [2.75, 3.05) is 40.9 Å². The molecule has 3 aromatic carbocycles. The summed E-state index contributed by atoms with van der Waals surface area (Å²) in [6.45, 7) is 27.2. The zero-order chi connectivity index (χ0) is 37.1. The predicted molar refractivity (Wildman–Crippen MR) is 213 cm³/mol. The molecule has 1 saturated heterocycles. The molecule has 280 valence electrons. The molecule has 1 atom stereocenters. The number of hydrogen-bond acceptors (Lipinski definition) is 5. The monoisotopic (exact) mass is 803 g/mol. The number of carbonyl (C=O) groups excluding carboxylic acids is 1. The Hall–Kier alpha value is -2.89. The number of halogens is 1. The first-order chi connectivity index (χ1) is 24.2. The third kappa shape index (κ3) is 8.36. The fraction of sp³-hybridized carbons (Fsp3) is 0.535. The molecule has 0 aliphatic carbocycles. The number of hydrogen-bond donors (Lipinski definition) is 0. The number of amides is 1. The van der Waals surface area contributed by atoms with Crippen LogP contribution in [0.3, 0.4) is 0 Å². The number of nitrogens with zero attached hydrogens (tertiary/aromatic N) is 3. The van der Waals surface area contributed by atoms with E-state index in [1.165, 1.54) is 33.6 Å². The Balaban J connectivity index is 1.71. The van der Waals surface area contributed by atoms with Gasteiger partial charge in [0.15, 0.2) is 0 Å². The molecule has 2 aliphatic heterocycles. The molecule has 0 aromatic heterocycles. The molecule has 0 bridgehead atoms. The maximum atomic E-state index is 13.4. The normalized spacial score (nSPS) is 17.7. The van der Waals surface area contributed by atoms with Crippen LogP contribution < -0.4 is 19.4 Å². The summed E-state index contributed by atoms with van der Waals surface area (Å²) in [5.41, 5.74) is 9.87. The Morgan fingerprint density at radius 2 is 1.27 bits per heavy atom. The molecule has 0 radical (unpaired) electrons. The van der Waals surface area contributed by atoms with Crippen LogP contribution in [0.5, 0.6) is 5.75 Å². The molecule has 1 amide bonds. The zero-order valence-electron chi connectivity index (χ0n) is 32.6. The van der Waals surface area contributed by atoms with Crippen molar-refractivity contribution in [1.82, 2.24) is 0 Å². The van der Waals surface area contributed by atoms with Gasteiger partial charge in [-0.3, -0.25) is 0 Å². The van der Waals surface area contributed by atoms with Gasteiger partial charge < -0.3 is 0 Å². The van der Waals surface area contributed by atoms with Gasteiger partial charge in [-0.1, -0.05) is 0 Å². The van der Waals surface area contributed by atoms with Crippen LogP contribution >= 0.6 is 9.69 Å². The van der Waals surface area contributed by atoms with Gasteiger partial charge in [0, 0.05) is 0 Å². The van der Waals surface area contributed by atoms with Crippen LogP contribution in [-0.2, 0) is 19.2 Å². The van der Waals surface area contributed by atoms with Crippen molar-refractivity contribution in [3.05, 3.63) is 82.4 Å². The van der Waals surface area contributed by atoms with Gasteiger partial charge in [0.05, 0.1) is 0 Å². The van der Waals surface area contributed by atoms with Crippen LogP contribution in [0.25, 0.3) is 0 Å². The van der Waals surface area contributed by atoms with E-state index < -0.39 is 14.5 Å². The summed E-state index contributed by atoms with van der Waals surface area (Å²) in [5.74, 6) is 2.44. The predicted octanol–water partition coefficient (Wildman–Crippen LogP) is 11.2. The quantitative estimate of drug-likeness (QED) is 0.181. The summed E-state index contributed by atoms with van der Waals surface area (Å²) >= 11 is -2.37. The third-order valence-electron chi connectivity index (χ3n) is 9.92. The van der Waals surface area contributed by atoms with E-state index in [0.29, 0.717) is 36.8 Å². The average molecular weight is 803 g/mol. The Kier molecular flexibility index (Phi) is 13.0. The molecule has 8 heteroatoms. The fourth-order valence-electron chi connectivity index (χ4n) is 7.25. The number of benzene rings is 3. The van der Waals surface area contributed by atoms with Gasteiger partial charge in [-0.15, -0.1) is 0 Å². The zero-order valence-corrected chi connectivity index (χ0v) is 35.1. The topological polar surface area (TPSA) is 45.2 Å². The molecule has 0 saturated carbocycles. The first-order valence-corrected chi connectivity index (χ1v) is 23.2. The van der Waals surface area contributed by atoms with Crippen LogP contribution in [0.15, 0.2) is 54.6 Å². The summed E-state index contributed by atoms with van der Waals surface area (Å²) in [6, 6.07) is 19.8. The molecular formula is C43H60ClN3O3Ru. The standard InChI is InChI=1S/C27H39N2.C16H21NO3.ClH.Ru/c1-18(2)22-11-9-12-23(19(3)4)26(22)28-15-16-29(17-28)27-24(20(5)6)13-10-14-25(27)21(7)8;1-5-13-9-17(16(18)19-10-11(2)3)14-8-6-7-12(4)15(14)20-13;;/h9-14,17-21H,15-16H2,1-8H3;4,6-8,11,13H,5,9-10H2,1-3H3;1H;/q;;;+1/p-1. The van der Waals surface area contributed by atoms with Crippen LogP contribution in [0.2, 0.25) is 0 Å². The molecule has 51 heavy (non-hydrogen) atoms. The molecule has 2 aliphatic rings. The second-order valence-corrected chi connectivity index (χ2v) is 20.2. The van der Waals surface area contributed by atoms with E-state index in [4.69, 9.17) is 19.2 Å². The van der Waals surface area contributed by atoms with Crippen molar-refractivity contribution in [3.63, 3.8) is 0 Å². The molecule has 2 heterocycles. The van der Waals surface area contributed by atoms with Crippen LogP contribution in [0.1, 0.15) is 134 Å². The Morgan fingerprint density at radius 3 is 1.71 bits per heavy atom. The number of ether oxygens (including phenoxy) is 2. The molecule has 5 rings (SSSR count). The second-order valence-electron chi connectivity index (χ2n) is 15.7.